The van der Waals surface area contributed by atoms with Crippen molar-refractivity contribution in [1.29, 1.82) is 0 Å². The number of aliphatic imine (C=N–C) groups is 1. The summed E-state index contributed by atoms with van der Waals surface area (Å²) < 4.78 is 8.11. The first-order valence-corrected chi connectivity index (χ1v) is 18.2. The number of ether oxygens (including phenoxy) is 1. The Morgan fingerprint density at radius 3 is 2.52 bits per heavy atom. The minimum Gasteiger partial charge on any atom is -0.462 e. The second kappa shape index (κ2) is 14.3. The summed E-state index contributed by atoms with van der Waals surface area (Å²) in [6, 6.07) is 2.53. The predicted octanol–water partition coefficient (Wildman–Crippen LogP) is 6.65. The zero-order valence-corrected chi connectivity index (χ0v) is 27.6. The standard InChI is InChI=1S/C35H56N6O3/c1-4-5-6-8-11-14-26-22-30-18-19-31-32(25(3)36-34(37-26)40(30)31)33(42)44-20-13-10-7-9-12-15-27-23-29-17-16-28-21-24(2)41(43)35(38-27)39(28)29/h24,26-30,43H,4-23H2,1-3H3/p+1/t24-,26-,27-,28+,29+,30+/m1/s1. The van der Waals surface area contributed by atoms with E-state index in [1.807, 2.05) is 6.92 Å². The Balaban J connectivity index is 0.907. The first kappa shape index (κ1) is 31.6. The summed E-state index contributed by atoms with van der Waals surface area (Å²) in [6.07, 6.45) is 22.1. The van der Waals surface area contributed by atoms with Gasteiger partial charge in [0.2, 0.25) is 5.96 Å². The SMILES string of the molecule is CCCCCCC[C@@H]1C[C@@H]2CCc3c(C(=O)OCCCCCCC[C@@H]4C[C@@H]5CC[C@H]6C[C@@H](C)N(O)C(=N4)N56)c(C)nc([n+]32)N1. The van der Waals surface area contributed by atoms with Crippen LogP contribution in [-0.4, -0.2) is 68.9 Å². The van der Waals surface area contributed by atoms with Gasteiger partial charge in [0.1, 0.15) is 11.3 Å². The summed E-state index contributed by atoms with van der Waals surface area (Å²) in [4.78, 5) is 25.5. The molecule has 0 bridgehead atoms. The van der Waals surface area contributed by atoms with Crippen LogP contribution in [0.1, 0.15) is 157 Å². The molecule has 5 aliphatic heterocycles. The van der Waals surface area contributed by atoms with Crippen LogP contribution in [0.5, 0.6) is 0 Å². The number of aromatic nitrogens is 2. The van der Waals surface area contributed by atoms with Crippen molar-refractivity contribution in [2.75, 3.05) is 11.9 Å². The van der Waals surface area contributed by atoms with Crippen molar-refractivity contribution in [2.24, 2.45) is 4.99 Å². The van der Waals surface area contributed by atoms with E-state index in [4.69, 9.17) is 14.7 Å². The van der Waals surface area contributed by atoms with E-state index in [9.17, 15) is 10.0 Å². The zero-order valence-electron chi connectivity index (χ0n) is 27.6. The number of hydrogen-bond donors (Lipinski definition) is 2. The summed E-state index contributed by atoms with van der Waals surface area (Å²) >= 11 is 0. The smallest absolute Gasteiger partial charge is 0.392 e. The van der Waals surface area contributed by atoms with E-state index in [-0.39, 0.29) is 12.0 Å². The lowest BCUT2D eigenvalue weighted by atomic mass is 9.97. The largest absolute Gasteiger partial charge is 0.462 e. The third-order valence-corrected chi connectivity index (χ3v) is 11.1. The van der Waals surface area contributed by atoms with Crippen LogP contribution < -0.4 is 9.88 Å². The lowest BCUT2D eigenvalue weighted by Gasteiger charge is -2.47. The summed E-state index contributed by atoms with van der Waals surface area (Å²) in [5, 5.41) is 15.8. The molecule has 9 nitrogen and oxygen atoms in total. The molecule has 0 amide bonds. The Morgan fingerprint density at radius 2 is 1.70 bits per heavy atom. The van der Waals surface area contributed by atoms with Crippen molar-refractivity contribution in [1.82, 2.24) is 14.9 Å². The molecule has 9 heteroatoms. The van der Waals surface area contributed by atoms with Gasteiger partial charge in [-0.25, -0.2) is 19.4 Å². The average molecular weight is 610 g/mol. The second-order valence-corrected chi connectivity index (χ2v) is 14.4. The highest BCUT2D eigenvalue weighted by molar-refractivity contribution is 5.91. The van der Waals surface area contributed by atoms with Crippen LogP contribution in [-0.2, 0) is 11.2 Å². The number of unbranched alkanes of at least 4 members (excludes halogenated alkanes) is 8. The molecule has 244 valence electrons. The van der Waals surface area contributed by atoms with E-state index in [1.165, 1.54) is 62.9 Å². The normalized spacial score (nSPS) is 28.4. The molecule has 6 rings (SSSR count). The van der Waals surface area contributed by atoms with E-state index in [1.54, 1.807) is 0 Å². The van der Waals surface area contributed by atoms with Gasteiger partial charge in [0, 0.05) is 24.9 Å². The fraction of sp³-hybridized carbons (Fsp3) is 0.829. The minimum atomic E-state index is -0.200. The minimum absolute atomic E-state index is 0.156. The molecule has 5 aliphatic rings. The summed E-state index contributed by atoms with van der Waals surface area (Å²) in [5.74, 6) is 1.58. The number of esters is 1. The molecule has 1 aromatic heterocycles. The van der Waals surface area contributed by atoms with E-state index >= 15 is 0 Å². The number of nitrogens with zero attached hydrogens (tertiary/aromatic N) is 5. The number of aryl methyl sites for hydroxylation is 1. The fourth-order valence-electron chi connectivity index (χ4n) is 8.79. The molecular weight excluding hydrogens is 552 g/mol. The number of anilines is 1. The molecule has 2 saturated heterocycles. The Kier molecular flexibility index (Phi) is 10.3. The van der Waals surface area contributed by atoms with Crippen LogP contribution in [0, 0.1) is 6.92 Å². The number of carbonyl (C=O) groups is 1. The Labute approximate surface area is 264 Å². The van der Waals surface area contributed by atoms with Crippen molar-refractivity contribution in [3.8, 4) is 0 Å². The van der Waals surface area contributed by atoms with Gasteiger partial charge in [-0.15, -0.1) is 0 Å². The van der Waals surface area contributed by atoms with Crippen LogP contribution >= 0.6 is 0 Å². The summed E-state index contributed by atoms with van der Waals surface area (Å²) in [5.41, 5.74) is 2.61. The lowest BCUT2D eigenvalue weighted by Crippen LogP contribution is -2.59. The first-order chi connectivity index (χ1) is 21.4. The molecule has 2 N–H and O–H groups in total. The summed E-state index contributed by atoms with van der Waals surface area (Å²) in [7, 11) is 0. The molecule has 0 aliphatic carbocycles. The Morgan fingerprint density at radius 1 is 0.977 bits per heavy atom. The third kappa shape index (κ3) is 6.73. The molecule has 2 fully saturated rings. The van der Waals surface area contributed by atoms with Gasteiger partial charge in [-0.1, -0.05) is 69.7 Å². The summed E-state index contributed by atoms with van der Waals surface area (Å²) in [6.45, 7) is 6.80. The molecule has 6 heterocycles. The number of hydroxylamine groups is 2. The van der Waals surface area contributed by atoms with Crippen molar-refractivity contribution < 1.29 is 19.3 Å². The van der Waals surface area contributed by atoms with Crippen molar-refractivity contribution in [2.45, 2.75) is 179 Å². The van der Waals surface area contributed by atoms with Crippen LogP contribution in [0.3, 0.4) is 0 Å². The maximum atomic E-state index is 13.2. The molecule has 0 aromatic carbocycles. The van der Waals surface area contributed by atoms with Gasteiger partial charge in [-0.3, -0.25) is 10.5 Å². The maximum Gasteiger partial charge on any atom is 0.392 e. The highest BCUT2D eigenvalue weighted by Crippen LogP contribution is 2.39. The fourth-order valence-corrected chi connectivity index (χ4v) is 8.79. The van der Waals surface area contributed by atoms with E-state index in [2.05, 4.69) is 28.6 Å². The molecule has 0 unspecified atom stereocenters. The van der Waals surface area contributed by atoms with Crippen molar-refractivity contribution in [3.63, 3.8) is 0 Å². The first-order valence-electron chi connectivity index (χ1n) is 18.2. The van der Waals surface area contributed by atoms with Crippen LogP contribution in [0.25, 0.3) is 0 Å². The van der Waals surface area contributed by atoms with Gasteiger partial charge >= 0.3 is 11.9 Å². The number of rotatable bonds is 15. The third-order valence-electron chi connectivity index (χ3n) is 11.1. The zero-order chi connectivity index (χ0) is 30.6. The van der Waals surface area contributed by atoms with Gasteiger partial charge in [0.15, 0.2) is 0 Å². The quantitative estimate of drug-likeness (QED) is 0.131. The van der Waals surface area contributed by atoms with Gasteiger partial charge < -0.3 is 9.64 Å². The molecule has 0 saturated carbocycles. The maximum absolute atomic E-state index is 13.2. The van der Waals surface area contributed by atoms with Crippen LogP contribution in [0.4, 0.5) is 5.95 Å². The topological polar surface area (TPSA) is 94.2 Å². The van der Waals surface area contributed by atoms with Crippen molar-refractivity contribution in [3.05, 3.63) is 17.0 Å². The lowest BCUT2D eigenvalue weighted by molar-refractivity contribution is -0.710. The van der Waals surface area contributed by atoms with E-state index in [0.717, 1.165) is 87.5 Å². The molecule has 44 heavy (non-hydrogen) atoms. The molecular formula is C35H57N6O3+. The predicted molar refractivity (Wildman–Crippen MR) is 172 cm³/mol. The van der Waals surface area contributed by atoms with Gasteiger partial charge in [-0.2, -0.15) is 0 Å². The second-order valence-electron chi connectivity index (χ2n) is 14.4. The van der Waals surface area contributed by atoms with Crippen LogP contribution in [0.15, 0.2) is 4.99 Å². The number of carbonyl (C=O) groups excluding carboxylic acids is 1. The number of hydrogen-bond acceptors (Lipinski definition) is 8. The molecule has 1 aromatic rings. The van der Waals surface area contributed by atoms with Gasteiger partial charge in [0.05, 0.1) is 36.5 Å². The highest BCUT2D eigenvalue weighted by atomic mass is 16.5. The molecule has 6 atom stereocenters. The Hall–Kier alpha value is -2.42. The van der Waals surface area contributed by atoms with Crippen LogP contribution in [0.2, 0.25) is 0 Å². The Bertz CT molecular complexity index is 1190. The molecule has 0 spiro atoms. The van der Waals surface area contributed by atoms with Crippen molar-refractivity contribution >= 4 is 17.9 Å². The number of nitrogens with one attached hydrogen (secondary N) is 1. The van der Waals surface area contributed by atoms with Gasteiger partial charge in [-0.05, 0) is 65.2 Å². The monoisotopic (exact) mass is 609 g/mol. The highest BCUT2D eigenvalue weighted by Gasteiger charge is 2.46. The molecule has 0 radical (unpaired) electrons. The van der Waals surface area contributed by atoms with E-state index in [0.29, 0.717) is 42.4 Å². The van der Waals surface area contributed by atoms with Gasteiger partial charge in [0.25, 0.3) is 0 Å². The van der Waals surface area contributed by atoms with E-state index < -0.39 is 0 Å². The average Bonchev–Trinajstić information content (AvgIpc) is 3.62. The number of guanidine groups is 1.